The molecule has 0 amide bonds. The fraction of sp³-hybridized carbons (Fsp3) is 0.588. The van der Waals surface area contributed by atoms with E-state index < -0.39 is 12.8 Å². The molecule has 5 nitrogen and oxygen atoms in total. The fourth-order valence-corrected chi connectivity index (χ4v) is 2.35. The van der Waals surface area contributed by atoms with Crippen LogP contribution in [0.1, 0.15) is 18.1 Å². The van der Waals surface area contributed by atoms with E-state index in [4.69, 9.17) is 9.47 Å². The smallest absolute Gasteiger partial charge is 0.422 e. The number of halogens is 4. The maximum absolute atomic E-state index is 12.4. The van der Waals surface area contributed by atoms with Gasteiger partial charge in [-0.1, -0.05) is 19.1 Å². The van der Waals surface area contributed by atoms with Crippen molar-refractivity contribution in [2.75, 3.05) is 33.4 Å². The Morgan fingerprint density at radius 3 is 2.54 bits per heavy atom. The zero-order valence-corrected chi connectivity index (χ0v) is 17.4. The molecule has 0 saturated carbocycles. The lowest BCUT2D eigenvalue weighted by Gasteiger charge is -2.38. The molecule has 1 aromatic carbocycles. The molecule has 0 unspecified atom stereocenters. The SMILES string of the molecule is CN=C(NCc1ccc(C)cc1OCC(F)(F)F)NCC1(C)COC1.I. The summed E-state index contributed by atoms with van der Waals surface area (Å²) in [6.07, 6.45) is -4.37. The topological polar surface area (TPSA) is 54.9 Å². The van der Waals surface area contributed by atoms with E-state index in [-0.39, 0.29) is 35.1 Å². The summed E-state index contributed by atoms with van der Waals surface area (Å²) in [5.74, 6) is 0.801. The number of rotatable bonds is 6. The third-order valence-corrected chi connectivity index (χ3v) is 3.87. The molecule has 1 aliphatic rings. The summed E-state index contributed by atoms with van der Waals surface area (Å²) in [6, 6.07) is 5.19. The van der Waals surface area contributed by atoms with E-state index in [0.29, 0.717) is 37.8 Å². The molecule has 2 N–H and O–H groups in total. The average molecular weight is 487 g/mol. The van der Waals surface area contributed by atoms with Gasteiger partial charge in [-0.05, 0) is 18.6 Å². The van der Waals surface area contributed by atoms with Gasteiger partial charge in [-0.25, -0.2) is 0 Å². The first-order valence-corrected chi connectivity index (χ1v) is 8.02. The molecule has 2 rings (SSSR count). The van der Waals surface area contributed by atoms with E-state index in [1.807, 2.05) is 6.07 Å². The van der Waals surface area contributed by atoms with Gasteiger partial charge in [0.1, 0.15) is 5.75 Å². The van der Waals surface area contributed by atoms with Crippen LogP contribution in [0.15, 0.2) is 23.2 Å². The Morgan fingerprint density at radius 2 is 2.00 bits per heavy atom. The lowest BCUT2D eigenvalue weighted by atomic mass is 9.89. The van der Waals surface area contributed by atoms with Crippen molar-refractivity contribution in [3.05, 3.63) is 29.3 Å². The minimum absolute atomic E-state index is 0. The van der Waals surface area contributed by atoms with Crippen LogP contribution in [0, 0.1) is 12.3 Å². The first kappa shape index (κ1) is 22.8. The Labute approximate surface area is 168 Å². The molecule has 148 valence electrons. The summed E-state index contributed by atoms with van der Waals surface area (Å²) in [5.41, 5.74) is 1.56. The standard InChI is InChI=1S/C17H24F3N3O2.HI/c1-12-4-5-13(14(6-12)25-11-17(18,19)20)7-22-15(21-3)23-8-16(2)9-24-10-16;/h4-6H,7-11H2,1-3H3,(H2,21,22,23);1H. The molecule has 0 atom stereocenters. The van der Waals surface area contributed by atoms with E-state index >= 15 is 0 Å². The monoisotopic (exact) mass is 487 g/mol. The Bertz CT molecular complexity index is 620. The van der Waals surface area contributed by atoms with Crippen LogP contribution >= 0.6 is 24.0 Å². The van der Waals surface area contributed by atoms with Crippen molar-refractivity contribution in [1.82, 2.24) is 10.6 Å². The lowest BCUT2D eigenvalue weighted by molar-refractivity contribution is -0.153. The molecule has 26 heavy (non-hydrogen) atoms. The number of nitrogens with one attached hydrogen (secondary N) is 2. The van der Waals surface area contributed by atoms with Gasteiger partial charge in [0, 0.05) is 31.1 Å². The number of hydrogen-bond donors (Lipinski definition) is 2. The van der Waals surface area contributed by atoms with Gasteiger partial charge in [0.05, 0.1) is 13.2 Å². The average Bonchev–Trinajstić information content (AvgIpc) is 2.52. The molecule has 1 heterocycles. The fourth-order valence-electron chi connectivity index (χ4n) is 2.35. The second-order valence-electron chi connectivity index (χ2n) is 6.60. The van der Waals surface area contributed by atoms with Crippen molar-refractivity contribution in [3.63, 3.8) is 0 Å². The van der Waals surface area contributed by atoms with Crippen LogP contribution in [-0.4, -0.2) is 45.5 Å². The predicted molar refractivity (Wildman–Crippen MR) is 105 cm³/mol. The maximum atomic E-state index is 12.4. The minimum Gasteiger partial charge on any atom is -0.484 e. The van der Waals surface area contributed by atoms with Crippen molar-refractivity contribution in [3.8, 4) is 5.75 Å². The van der Waals surface area contributed by atoms with Crippen LogP contribution in [0.4, 0.5) is 13.2 Å². The van der Waals surface area contributed by atoms with E-state index in [9.17, 15) is 13.2 Å². The van der Waals surface area contributed by atoms with Crippen LogP contribution in [0.3, 0.4) is 0 Å². The quantitative estimate of drug-likeness (QED) is 0.368. The number of benzene rings is 1. The Morgan fingerprint density at radius 1 is 1.31 bits per heavy atom. The minimum atomic E-state index is -4.37. The van der Waals surface area contributed by atoms with E-state index in [2.05, 4.69) is 22.5 Å². The highest BCUT2D eigenvalue weighted by Crippen LogP contribution is 2.25. The molecule has 0 aliphatic carbocycles. The van der Waals surface area contributed by atoms with Gasteiger partial charge in [0.2, 0.25) is 0 Å². The van der Waals surface area contributed by atoms with Gasteiger partial charge < -0.3 is 20.1 Å². The van der Waals surface area contributed by atoms with Gasteiger partial charge >= 0.3 is 6.18 Å². The Kier molecular flexibility index (Phi) is 8.45. The molecule has 1 saturated heterocycles. The molecule has 0 aromatic heterocycles. The molecular formula is C17H25F3IN3O2. The molecule has 0 radical (unpaired) electrons. The van der Waals surface area contributed by atoms with Crippen molar-refractivity contribution in [2.45, 2.75) is 26.6 Å². The zero-order chi connectivity index (χ0) is 18.5. The van der Waals surface area contributed by atoms with Crippen molar-refractivity contribution in [2.24, 2.45) is 10.4 Å². The Hall–Kier alpha value is -1.23. The summed E-state index contributed by atoms with van der Waals surface area (Å²) in [5, 5.41) is 6.31. The normalized spacial score (nSPS) is 16.3. The number of alkyl halides is 3. The third kappa shape index (κ3) is 7.18. The van der Waals surface area contributed by atoms with Gasteiger partial charge in [0.15, 0.2) is 12.6 Å². The molecular weight excluding hydrogens is 462 g/mol. The second kappa shape index (κ2) is 9.63. The van der Waals surface area contributed by atoms with Gasteiger partial charge in [0.25, 0.3) is 0 Å². The van der Waals surface area contributed by atoms with Crippen LogP contribution < -0.4 is 15.4 Å². The van der Waals surface area contributed by atoms with E-state index in [1.165, 1.54) is 0 Å². The molecule has 9 heteroatoms. The molecule has 0 spiro atoms. The molecule has 1 aromatic rings. The molecule has 0 bridgehead atoms. The van der Waals surface area contributed by atoms with Gasteiger partial charge in [-0.15, -0.1) is 24.0 Å². The van der Waals surface area contributed by atoms with Crippen molar-refractivity contribution < 1.29 is 22.6 Å². The van der Waals surface area contributed by atoms with Crippen LogP contribution in [0.25, 0.3) is 0 Å². The number of ether oxygens (including phenoxy) is 2. The molecule has 1 aliphatic heterocycles. The largest absolute Gasteiger partial charge is 0.484 e. The third-order valence-electron chi connectivity index (χ3n) is 3.87. The summed E-state index contributed by atoms with van der Waals surface area (Å²) < 4.78 is 47.4. The summed E-state index contributed by atoms with van der Waals surface area (Å²) in [7, 11) is 1.64. The van der Waals surface area contributed by atoms with Gasteiger partial charge in [-0.3, -0.25) is 4.99 Å². The zero-order valence-electron chi connectivity index (χ0n) is 15.1. The number of aliphatic imine (C=N–C) groups is 1. The highest BCUT2D eigenvalue weighted by Gasteiger charge is 2.33. The van der Waals surface area contributed by atoms with E-state index in [1.54, 1.807) is 26.1 Å². The second-order valence-corrected chi connectivity index (χ2v) is 6.60. The van der Waals surface area contributed by atoms with Gasteiger partial charge in [-0.2, -0.15) is 13.2 Å². The number of hydrogen-bond acceptors (Lipinski definition) is 3. The summed E-state index contributed by atoms with van der Waals surface area (Å²) >= 11 is 0. The predicted octanol–water partition coefficient (Wildman–Crippen LogP) is 3.26. The summed E-state index contributed by atoms with van der Waals surface area (Å²) in [4.78, 5) is 4.13. The van der Waals surface area contributed by atoms with Crippen LogP contribution in [-0.2, 0) is 11.3 Å². The number of nitrogens with zero attached hydrogens (tertiary/aromatic N) is 1. The summed E-state index contributed by atoms with van der Waals surface area (Å²) in [6.45, 7) is 5.02. The first-order chi connectivity index (χ1) is 11.7. The van der Waals surface area contributed by atoms with Crippen LogP contribution in [0.5, 0.6) is 5.75 Å². The van der Waals surface area contributed by atoms with Crippen LogP contribution in [0.2, 0.25) is 0 Å². The number of guanidine groups is 1. The highest BCUT2D eigenvalue weighted by molar-refractivity contribution is 14.0. The van der Waals surface area contributed by atoms with Crippen molar-refractivity contribution >= 4 is 29.9 Å². The lowest BCUT2D eigenvalue weighted by Crippen LogP contribution is -2.50. The maximum Gasteiger partial charge on any atom is 0.422 e. The highest BCUT2D eigenvalue weighted by atomic mass is 127. The number of aryl methyl sites for hydroxylation is 1. The Balaban J connectivity index is 0.00000338. The molecule has 1 fully saturated rings. The first-order valence-electron chi connectivity index (χ1n) is 8.02. The van der Waals surface area contributed by atoms with E-state index in [0.717, 1.165) is 5.56 Å². The van der Waals surface area contributed by atoms with Crippen molar-refractivity contribution in [1.29, 1.82) is 0 Å².